The largest absolute Gasteiger partial charge is 0.338 e. The van der Waals surface area contributed by atoms with Gasteiger partial charge in [0.05, 0.1) is 11.9 Å². The van der Waals surface area contributed by atoms with Gasteiger partial charge < -0.3 is 5.32 Å². The van der Waals surface area contributed by atoms with Gasteiger partial charge in [-0.25, -0.2) is 14.8 Å². The van der Waals surface area contributed by atoms with E-state index in [-0.39, 0.29) is 6.03 Å². The van der Waals surface area contributed by atoms with Gasteiger partial charge in [-0.1, -0.05) is 15.9 Å². The van der Waals surface area contributed by atoms with E-state index in [1.54, 1.807) is 18.3 Å². The fraction of sp³-hybridized carbons (Fsp3) is 0.176. The molecule has 2 aromatic heterocycles. The van der Waals surface area contributed by atoms with Crippen LogP contribution in [-0.2, 0) is 0 Å². The normalized spacial score (nSPS) is 10.6. The quantitative estimate of drug-likeness (QED) is 0.716. The summed E-state index contributed by atoms with van der Waals surface area (Å²) < 4.78 is 0.985. The van der Waals surface area contributed by atoms with Gasteiger partial charge in [0.25, 0.3) is 0 Å². The number of aromatic nitrogens is 3. The van der Waals surface area contributed by atoms with E-state index < -0.39 is 0 Å². The molecule has 0 atom stereocenters. The van der Waals surface area contributed by atoms with Crippen LogP contribution in [0.1, 0.15) is 12.5 Å². The van der Waals surface area contributed by atoms with Gasteiger partial charge in [0.1, 0.15) is 11.3 Å². The predicted octanol–water partition coefficient (Wildman–Crippen LogP) is 3.90. The van der Waals surface area contributed by atoms with Gasteiger partial charge in [0, 0.05) is 16.6 Å². The molecular formula is C17H16BrN5O. The Balaban J connectivity index is 1.98. The van der Waals surface area contributed by atoms with Gasteiger partial charge in [-0.3, -0.25) is 10.3 Å². The van der Waals surface area contributed by atoms with Gasteiger partial charge in [-0.2, -0.15) is 0 Å². The topological polar surface area (TPSA) is 79.8 Å². The minimum absolute atomic E-state index is 0.295. The summed E-state index contributed by atoms with van der Waals surface area (Å²) >= 11 is 3.50. The lowest BCUT2D eigenvalue weighted by atomic mass is 10.1. The summed E-state index contributed by atoms with van der Waals surface area (Å²) in [6, 6.07) is 9.25. The van der Waals surface area contributed by atoms with Crippen molar-refractivity contribution in [2.45, 2.75) is 13.8 Å². The number of hydrogen-bond acceptors (Lipinski definition) is 4. The highest BCUT2D eigenvalue weighted by atomic mass is 79.9. The molecule has 2 amide bonds. The molecule has 122 valence electrons. The van der Waals surface area contributed by atoms with Crippen LogP contribution in [0.2, 0.25) is 0 Å². The summed E-state index contributed by atoms with van der Waals surface area (Å²) in [6.45, 7) is 4.42. The van der Waals surface area contributed by atoms with Crippen LogP contribution in [0.3, 0.4) is 0 Å². The van der Waals surface area contributed by atoms with Crippen molar-refractivity contribution < 1.29 is 4.79 Å². The van der Waals surface area contributed by atoms with Crippen LogP contribution in [0.4, 0.5) is 10.6 Å². The van der Waals surface area contributed by atoms with E-state index >= 15 is 0 Å². The lowest BCUT2D eigenvalue weighted by Crippen LogP contribution is -2.28. The molecule has 3 rings (SSSR count). The summed E-state index contributed by atoms with van der Waals surface area (Å²) in [7, 11) is 0. The fourth-order valence-electron chi connectivity index (χ4n) is 2.31. The molecule has 0 aliphatic rings. The summed E-state index contributed by atoms with van der Waals surface area (Å²) in [5.41, 5.74) is 3.97. The van der Waals surface area contributed by atoms with E-state index in [1.807, 2.05) is 32.0 Å². The van der Waals surface area contributed by atoms with E-state index in [0.717, 1.165) is 21.3 Å². The number of benzene rings is 1. The Hall–Kier alpha value is -2.54. The lowest BCUT2D eigenvalue weighted by Gasteiger charge is -2.07. The van der Waals surface area contributed by atoms with Gasteiger partial charge in [0.2, 0.25) is 0 Å². The molecule has 2 N–H and O–H groups in total. The molecule has 0 unspecified atom stereocenters. The van der Waals surface area contributed by atoms with Crippen LogP contribution in [0.5, 0.6) is 0 Å². The number of fused-ring (bicyclic) bond motifs is 1. The summed E-state index contributed by atoms with van der Waals surface area (Å²) in [4.78, 5) is 25.0. The summed E-state index contributed by atoms with van der Waals surface area (Å²) in [5.74, 6) is 0.435. The first-order valence-electron chi connectivity index (χ1n) is 7.51. The van der Waals surface area contributed by atoms with Gasteiger partial charge in [-0.15, -0.1) is 0 Å². The molecule has 6 nitrogen and oxygen atoms in total. The highest BCUT2D eigenvalue weighted by Crippen LogP contribution is 2.24. The molecule has 0 aliphatic carbocycles. The Morgan fingerprint density at radius 1 is 1.21 bits per heavy atom. The molecule has 0 radical (unpaired) electrons. The van der Waals surface area contributed by atoms with Crippen molar-refractivity contribution in [3.05, 3.63) is 46.6 Å². The molecule has 0 saturated carbocycles. The third-order valence-electron chi connectivity index (χ3n) is 3.32. The summed E-state index contributed by atoms with van der Waals surface area (Å²) in [6.07, 6.45) is 1.72. The molecule has 3 aromatic rings. The van der Waals surface area contributed by atoms with Gasteiger partial charge >= 0.3 is 6.03 Å². The van der Waals surface area contributed by atoms with Crippen molar-refractivity contribution in [3.63, 3.8) is 0 Å². The average molecular weight is 386 g/mol. The minimum atomic E-state index is -0.295. The second-order valence-electron chi connectivity index (χ2n) is 5.30. The van der Waals surface area contributed by atoms with Crippen molar-refractivity contribution in [2.24, 2.45) is 0 Å². The Labute approximate surface area is 147 Å². The highest BCUT2D eigenvalue weighted by molar-refractivity contribution is 9.10. The van der Waals surface area contributed by atoms with Crippen molar-refractivity contribution in [1.29, 1.82) is 0 Å². The zero-order chi connectivity index (χ0) is 17.1. The molecule has 0 aliphatic heterocycles. The second kappa shape index (κ2) is 6.92. The van der Waals surface area contributed by atoms with Crippen molar-refractivity contribution in [1.82, 2.24) is 20.3 Å². The number of nitrogens with zero attached hydrogens (tertiary/aromatic N) is 3. The van der Waals surface area contributed by atoms with Gasteiger partial charge in [0.15, 0.2) is 5.65 Å². The smallest absolute Gasteiger partial charge is 0.320 e. The Bertz CT molecular complexity index is 892. The number of carbonyl (C=O) groups excluding carboxylic acids is 1. The first-order valence-corrected chi connectivity index (χ1v) is 8.30. The van der Waals surface area contributed by atoms with E-state index in [2.05, 4.69) is 41.5 Å². The number of pyridine rings is 1. The number of anilines is 1. The number of rotatable bonds is 3. The second-order valence-corrected chi connectivity index (χ2v) is 6.21. The predicted molar refractivity (Wildman–Crippen MR) is 97.9 cm³/mol. The number of urea groups is 1. The highest BCUT2D eigenvalue weighted by Gasteiger charge is 2.08. The summed E-state index contributed by atoms with van der Waals surface area (Å²) in [5, 5.41) is 5.34. The molecule has 0 bridgehead atoms. The molecule has 0 spiro atoms. The Kier molecular flexibility index (Phi) is 4.71. The zero-order valence-electron chi connectivity index (χ0n) is 13.3. The number of amides is 2. The van der Waals surface area contributed by atoms with Crippen LogP contribution in [0.25, 0.3) is 22.4 Å². The molecule has 2 heterocycles. The first kappa shape index (κ1) is 16.3. The van der Waals surface area contributed by atoms with Crippen molar-refractivity contribution >= 4 is 38.9 Å². The van der Waals surface area contributed by atoms with Crippen LogP contribution in [-0.4, -0.2) is 27.5 Å². The number of halogens is 1. The zero-order valence-corrected chi connectivity index (χ0v) is 14.9. The minimum Gasteiger partial charge on any atom is -0.338 e. The monoisotopic (exact) mass is 385 g/mol. The number of hydrogen-bond donors (Lipinski definition) is 2. The van der Waals surface area contributed by atoms with E-state index in [4.69, 9.17) is 0 Å². The van der Waals surface area contributed by atoms with Crippen LogP contribution < -0.4 is 10.6 Å². The average Bonchev–Trinajstić information content (AvgIpc) is 2.53. The molecule has 7 heteroatoms. The molecule has 24 heavy (non-hydrogen) atoms. The number of carbonyl (C=O) groups is 1. The first-order chi connectivity index (χ1) is 11.5. The lowest BCUT2D eigenvalue weighted by molar-refractivity contribution is 0.252. The van der Waals surface area contributed by atoms with Crippen LogP contribution in [0, 0.1) is 6.92 Å². The van der Waals surface area contributed by atoms with E-state index in [1.165, 1.54) is 0 Å². The Morgan fingerprint density at radius 3 is 2.79 bits per heavy atom. The standard InChI is InChI=1S/C17H16BrN5O/c1-3-19-17(24)23-15-5-4-13-16(22-15)21-14(9-20-13)11-6-10(2)7-12(18)8-11/h4-9H,3H2,1-2H3,(H2,19,21,22,23,24). The maximum absolute atomic E-state index is 11.6. The third kappa shape index (κ3) is 3.68. The van der Waals surface area contributed by atoms with Gasteiger partial charge in [-0.05, 0) is 49.7 Å². The van der Waals surface area contributed by atoms with Crippen LogP contribution in [0.15, 0.2) is 41.0 Å². The maximum Gasteiger partial charge on any atom is 0.320 e. The van der Waals surface area contributed by atoms with E-state index in [9.17, 15) is 4.79 Å². The van der Waals surface area contributed by atoms with E-state index in [0.29, 0.717) is 23.5 Å². The Morgan fingerprint density at radius 2 is 2.04 bits per heavy atom. The third-order valence-corrected chi connectivity index (χ3v) is 3.78. The molecule has 0 saturated heterocycles. The number of aryl methyl sites for hydroxylation is 1. The molecule has 0 fully saturated rings. The number of nitrogens with one attached hydrogen (secondary N) is 2. The fourth-order valence-corrected chi connectivity index (χ4v) is 2.92. The SMILES string of the molecule is CCNC(=O)Nc1ccc2ncc(-c3cc(C)cc(Br)c3)nc2n1. The molecule has 1 aromatic carbocycles. The van der Waals surface area contributed by atoms with Crippen molar-refractivity contribution in [2.75, 3.05) is 11.9 Å². The maximum atomic E-state index is 11.6. The molecular weight excluding hydrogens is 370 g/mol. The van der Waals surface area contributed by atoms with Crippen molar-refractivity contribution in [3.8, 4) is 11.3 Å². The van der Waals surface area contributed by atoms with Crippen LogP contribution >= 0.6 is 15.9 Å².